The molecular weight excluding hydrogens is 356 g/mol. The van der Waals surface area contributed by atoms with Gasteiger partial charge >= 0.3 is 0 Å². The van der Waals surface area contributed by atoms with Crippen molar-refractivity contribution >= 4 is 28.3 Å². The highest BCUT2D eigenvalue weighted by molar-refractivity contribution is 6.11. The number of hydrogen-bond donors (Lipinski definition) is 3. The lowest BCUT2D eigenvalue weighted by atomic mass is 10.1. The largest absolute Gasteiger partial charge is 0.507 e. The molecule has 0 aliphatic carbocycles. The van der Waals surface area contributed by atoms with Crippen LogP contribution in [0.2, 0.25) is 0 Å². The van der Waals surface area contributed by atoms with E-state index < -0.39 is 5.91 Å². The highest BCUT2D eigenvalue weighted by atomic mass is 16.3. The molecule has 0 radical (unpaired) electrons. The van der Waals surface area contributed by atoms with E-state index in [4.69, 9.17) is 0 Å². The Kier molecular flexibility index (Phi) is 6.12. The highest BCUT2D eigenvalue weighted by Crippen LogP contribution is 2.29. The Morgan fingerprint density at radius 3 is 2.79 bits per heavy atom. The maximum Gasteiger partial charge on any atom is 0.267 e. The molecule has 7 nitrogen and oxygen atoms in total. The van der Waals surface area contributed by atoms with Gasteiger partial charge in [-0.1, -0.05) is 24.3 Å². The molecule has 0 aromatic heterocycles. The molecule has 1 aliphatic rings. The number of hydrogen-bond acceptors (Lipinski definition) is 5. The summed E-state index contributed by atoms with van der Waals surface area (Å²) in [6.07, 6.45) is 3.67. The van der Waals surface area contributed by atoms with Crippen LogP contribution in [0.3, 0.4) is 0 Å². The first-order valence-electron chi connectivity index (χ1n) is 9.23. The average molecular weight is 378 g/mol. The molecule has 1 fully saturated rings. The standard InChI is InChI=1S/C21H22N4O3/c22-13-15(14-23-10-4-12-25-11-3-9-20(25)27)21(28)24-18-7-1-6-17-16(18)5-2-8-19(17)26/h1-2,5-8,14,23,26H,3-4,9-12H2,(H,24,28)/b15-14-. The van der Waals surface area contributed by atoms with Crippen LogP contribution in [0.4, 0.5) is 5.69 Å². The van der Waals surface area contributed by atoms with E-state index in [1.54, 1.807) is 36.4 Å². The Morgan fingerprint density at radius 2 is 2.04 bits per heavy atom. The second-order valence-electron chi connectivity index (χ2n) is 6.59. The number of rotatable bonds is 7. The summed E-state index contributed by atoms with van der Waals surface area (Å²) in [5.41, 5.74) is 0.474. The first-order chi connectivity index (χ1) is 13.6. The lowest BCUT2D eigenvalue weighted by Crippen LogP contribution is -2.27. The first-order valence-corrected chi connectivity index (χ1v) is 9.23. The predicted octanol–water partition coefficient (Wildman–Crippen LogP) is 2.49. The zero-order valence-electron chi connectivity index (χ0n) is 15.4. The number of carbonyl (C=O) groups excluding carboxylic acids is 2. The van der Waals surface area contributed by atoms with Gasteiger partial charge in [0.25, 0.3) is 5.91 Å². The number of carbonyl (C=O) groups is 2. The van der Waals surface area contributed by atoms with Gasteiger partial charge in [-0.3, -0.25) is 9.59 Å². The number of fused-ring (bicyclic) bond motifs is 1. The normalized spacial score (nSPS) is 14.2. The lowest BCUT2D eigenvalue weighted by molar-refractivity contribution is -0.127. The van der Waals surface area contributed by atoms with Crippen molar-refractivity contribution in [2.75, 3.05) is 25.0 Å². The fourth-order valence-corrected chi connectivity index (χ4v) is 3.23. The Bertz CT molecular complexity index is 962. The Hall–Kier alpha value is -3.53. The SMILES string of the molecule is N#C/C(=C/NCCCN1CCCC1=O)C(=O)Nc1cccc2c(O)cccc12. The van der Waals surface area contributed by atoms with E-state index in [1.165, 1.54) is 6.20 Å². The molecule has 0 saturated carbocycles. The topological polar surface area (TPSA) is 105 Å². The van der Waals surface area contributed by atoms with E-state index in [1.807, 2.05) is 11.0 Å². The molecule has 2 amide bonds. The maximum absolute atomic E-state index is 12.4. The molecule has 1 heterocycles. The summed E-state index contributed by atoms with van der Waals surface area (Å²) in [6.45, 7) is 2.04. The predicted molar refractivity (Wildman–Crippen MR) is 106 cm³/mol. The number of anilines is 1. The lowest BCUT2D eigenvalue weighted by Gasteiger charge is -2.14. The van der Waals surface area contributed by atoms with E-state index in [0.29, 0.717) is 36.0 Å². The molecule has 3 rings (SSSR count). The molecule has 0 spiro atoms. The smallest absolute Gasteiger partial charge is 0.267 e. The van der Waals surface area contributed by atoms with Gasteiger partial charge in [-0.15, -0.1) is 0 Å². The van der Waals surface area contributed by atoms with Gasteiger partial charge in [0.05, 0.1) is 0 Å². The van der Waals surface area contributed by atoms with Crippen LogP contribution in [0.5, 0.6) is 5.75 Å². The quantitative estimate of drug-likeness (QED) is 0.390. The summed E-state index contributed by atoms with van der Waals surface area (Å²) in [4.78, 5) is 25.8. The number of aromatic hydroxyl groups is 1. The Balaban J connectivity index is 1.58. The summed E-state index contributed by atoms with van der Waals surface area (Å²) in [7, 11) is 0. The molecule has 3 N–H and O–H groups in total. The number of nitriles is 1. The zero-order chi connectivity index (χ0) is 19.9. The van der Waals surface area contributed by atoms with Crippen molar-refractivity contribution in [1.82, 2.24) is 10.2 Å². The molecule has 7 heteroatoms. The van der Waals surface area contributed by atoms with E-state index >= 15 is 0 Å². The van der Waals surface area contributed by atoms with Gasteiger partial charge in [-0.25, -0.2) is 0 Å². The average Bonchev–Trinajstić information content (AvgIpc) is 3.10. The second-order valence-corrected chi connectivity index (χ2v) is 6.59. The fourth-order valence-electron chi connectivity index (χ4n) is 3.23. The van der Waals surface area contributed by atoms with Gasteiger partial charge in [0.2, 0.25) is 5.91 Å². The molecule has 144 valence electrons. The molecule has 2 aromatic carbocycles. The van der Waals surface area contributed by atoms with Crippen LogP contribution in [-0.4, -0.2) is 41.5 Å². The van der Waals surface area contributed by atoms with Crippen LogP contribution in [-0.2, 0) is 9.59 Å². The highest BCUT2D eigenvalue weighted by Gasteiger charge is 2.18. The van der Waals surface area contributed by atoms with E-state index in [2.05, 4.69) is 10.6 Å². The monoisotopic (exact) mass is 378 g/mol. The third-order valence-electron chi connectivity index (χ3n) is 4.68. The molecule has 1 aliphatic heterocycles. The summed E-state index contributed by atoms with van der Waals surface area (Å²) >= 11 is 0. The number of likely N-dealkylation sites (tertiary alicyclic amines) is 1. The van der Waals surface area contributed by atoms with Crippen molar-refractivity contribution in [3.8, 4) is 11.8 Å². The number of phenols is 1. The molecule has 1 saturated heterocycles. The summed E-state index contributed by atoms with van der Waals surface area (Å²) in [5.74, 6) is -0.211. The Labute approximate surface area is 163 Å². The number of nitrogens with zero attached hydrogens (tertiary/aromatic N) is 2. The molecule has 2 aromatic rings. The van der Waals surface area contributed by atoms with E-state index in [9.17, 15) is 20.0 Å². The summed E-state index contributed by atoms with van der Waals surface area (Å²) in [5, 5.41) is 26.2. The van der Waals surface area contributed by atoms with Crippen LogP contribution in [0.1, 0.15) is 19.3 Å². The van der Waals surface area contributed by atoms with E-state index in [0.717, 1.165) is 19.4 Å². The second kappa shape index (κ2) is 8.91. The molecule has 0 unspecified atom stereocenters. The molecular formula is C21H22N4O3. The van der Waals surface area contributed by atoms with Crippen molar-refractivity contribution in [2.45, 2.75) is 19.3 Å². The zero-order valence-corrected chi connectivity index (χ0v) is 15.4. The molecule has 0 bridgehead atoms. The molecule has 28 heavy (non-hydrogen) atoms. The van der Waals surface area contributed by atoms with Gasteiger partial charge in [-0.05, 0) is 25.0 Å². The minimum absolute atomic E-state index is 0.0468. The number of nitrogens with one attached hydrogen (secondary N) is 2. The van der Waals surface area contributed by atoms with Crippen molar-refractivity contribution < 1.29 is 14.7 Å². The van der Waals surface area contributed by atoms with Crippen molar-refractivity contribution in [3.63, 3.8) is 0 Å². The van der Waals surface area contributed by atoms with Gasteiger partial charge in [-0.2, -0.15) is 5.26 Å². The summed E-state index contributed by atoms with van der Waals surface area (Å²) < 4.78 is 0. The van der Waals surface area contributed by atoms with Gasteiger partial charge in [0.1, 0.15) is 17.4 Å². The number of benzene rings is 2. The third-order valence-corrected chi connectivity index (χ3v) is 4.68. The van der Waals surface area contributed by atoms with Gasteiger partial charge in [0.15, 0.2) is 0 Å². The number of amides is 2. The number of phenolic OH excluding ortho intramolecular Hbond substituents is 1. The Morgan fingerprint density at radius 1 is 1.25 bits per heavy atom. The minimum Gasteiger partial charge on any atom is -0.507 e. The van der Waals surface area contributed by atoms with Crippen LogP contribution >= 0.6 is 0 Å². The molecule has 0 atom stereocenters. The van der Waals surface area contributed by atoms with Crippen LogP contribution in [0, 0.1) is 11.3 Å². The van der Waals surface area contributed by atoms with Crippen molar-refractivity contribution in [3.05, 3.63) is 48.2 Å². The van der Waals surface area contributed by atoms with Crippen molar-refractivity contribution in [1.29, 1.82) is 5.26 Å². The van der Waals surface area contributed by atoms with Crippen LogP contribution in [0.15, 0.2) is 48.2 Å². The summed E-state index contributed by atoms with van der Waals surface area (Å²) in [6, 6.07) is 12.2. The minimum atomic E-state index is -0.527. The van der Waals surface area contributed by atoms with E-state index in [-0.39, 0.29) is 17.2 Å². The first kappa shape index (κ1) is 19.2. The third kappa shape index (κ3) is 4.41. The van der Waals surface area contributed by atoms with Gasteiger partial charge < -0.3 is 20.6 Å². The van der Waals surface area contributed by atoms with Gasteiger partial charge in [0, 0.05) is 48.7 Å². The van der Waals surface area contributed by atoms with Crippen molar-refractivity contribution in [2.24, 2.45) is 0 Å². The maximum atomic E-state index is 12.4. The van der Waals surface area contributed by atoms with Crippen LogP contribution < -0.4 is 10.6 Å². The van der Waals surface area contributed by atoms with Crippen LogP contribution in [0.25, 0.3) is 10.8 Å². The fraction of sp³-hybridized carbons (Fsp3) is 0.286.